The Morgan fingerprint density at radius 1 is 1.48 bits per heavy atom. The Morgan fingerprint density at radius 2 is 2.19 bits per heavy atom. The first-order valence-corrected chi connectivity index (χ1v) is 6.70. The summed E-state index contributed by atoms with van der Waals surface area (Å²) in [7, 11) is 0. The summed E-state index contributed by atoms with van der Waals surface area (Å²) in [4.78, 5) is 21.6. The van der Waals surface area contributed by atoms with E-state index in [1.807, 2.05) is 6.92 Å². The molecule has 0 saturated heterocycles. The number of aliphatic hydroxyl groups is 1. The fourth-order valence-corrected chi connectivity index (χ4v) is 1.62. The highest BCUT2D eigenvalue weighted by Crippen LogP contribution is 2.29. The molecule has 116 valence electrons. The Morgan fingerprint density at radius 3 is 2.76 bits per heavy atom. The van der Waals surface area contributed by atoms with Crippen LogP contribution in [-0.4, -0.2) is 29.2 Å². The molecular weight excluding hydrogens is 278 g/mol. The Kier molecular flexibility index (Phi) is 6.61. The average Bonchev–Trinajstić information content (AvgIpc) is 2.45. The molecule has 0 heterocycles. The molecule has 21 heavy (non-hydrogen) atoms. The van der Waals surface area contributed by atoms with E-state index in [-0.39, 0.29) is 23.6 Å². The van der Waals surface area contributed by atoms with Gasteiger partial charge in [-0.2, -0.15) is 0 Å². The fourth-order valence-electron chi connectivity index (χ4n) is 1.62. The number of benzene rings is 1. The van der Waals surface area contributed by atoms with Crippen molar-refractivity contribution in [2.24, 2.45) is 0 Å². The lowest BCUT2D eigenvalue weighted by Crippen LogP contribution is -2.16. The third kappa shape index (κ3) is 5.39. The lowest BCUT2D eigenvalue weighted by Gasteiger charge is -2.13. The molecule has 0 aliphatic heterocycles. The van der Waals surface area contributed by atoms with Crippen molar-refractivity contribution in [3.63, 3.8) is 0 Å². The molecule has 7 nitrogen and oxygen atoms in total. The second kappa shape index (κ2) is 8.21. The van der Waals surface area contributed by atoms with E-state index in [1.165, 1.54) is 25.1 Å². The first-order valence-electron chi connectivity index (χ1n) is 6.70. The largest absolute Gasteiger partial charge is 0.482 e. The van der Waals surface area contributed by atoms with E-state index in [4.69, 9.17) is 9.47 Å². The Balaban J connectivity index is 2.70. The second-order valence-electron chi connectivity index (χ2n) is 4.52. The average molecular weight is 297 g/mol. The molecule has 1 atom stereocenters. The van der Waals surface area contributed by atoms with Gasteiger partial charge in [-0.15, -0.1) is 0 Å². The number of aliphatic hydroxyl groups excluding tert-OH is 1. The van der Waals surface area contributed by atoms with Crippen LogP contribution >= 0.6 is 0 Å². The number of esters is 1. The van der Waals surface area contributed by atoms with E-state index >= 15 is 0 Å². The van der Waals surface area contributed by atoms with Crippen LogP contribution in [0.5, 0.6) is 5.75 Å². The number of carbonyl (C=O) groups excluding carboxylic acids is 1. The highest BCUT2D eigenvalue weighted by atomic mass is 16.6. The van der Waals surface area contributed by atoms with Gasteiger partial charge >= 0.3 is 5.97 Å². The van der Waals surface area contributed by atoms with Gasteiger partial charge in [-0.1, -0.05) is 13.3 Å². The number of hydrogen-bond donors (Lipinski definition) is 1. The summed E-state index contributed by atoms with van der Waals surface area (Å²) < 4.78 is 10.2. The molecule has 0 bridgehead atoms. The van der Waals surface area contributed by atoms with Gasteiger partial charge in [0.05, 0.1) is 17.6 Å². The number of carbonyl (C=O) groups is 1. The summed E-state index contributed by atoms with van der Waals surface area (Å²) >= 11 is 0. The van der Waals surface area contributed by atoms with E-state index in [1.54, 1.807) is 0 Å². The maximum absolute atomic E-state index is 11.4. The first-order chi connectivity index (χ1) is 9.95. The molecule has 7 heteroatoms. The molecule has 1 rings (SSSR count). The standard InChI is InChI=1S/C14H19NO6/c1-3-4-7-20-14(17)9-21-13-6-5-11(15(18)19)8-12(13)10(2)16/h5-6,8,10,16H,3-4,7,9H2,1-2H3/t10-/m1/s1. The number of nitro benzene ring substituents is 1. The second-order valence-corrected chi connectivity index (χ2v) is 4.52. The number of nitrogens with zero attached hydrogens (tertiary/aromatic N) is 1. The molecule has 0 amide bonds. The van der Waals surface area contributed by atoms with E-state index in [0.29, 0.717) is 6.61 Å². The van der Waals surface area contributed by atoms with Crippen LogP contribution in [0.15, 0.2) is 18.2 Å². The summed E-state index contributed by atoms with van der Waals surface area (Å²) in [6, 6.07) is 3.84. The smallest absolute Gasteiger partial charge is 0.344 e. The normalized spacial score (nSPS) is 11.8. The summed E-state index contributed by atoms with van der Waals surface area (Å²) in [5.41, 5.74) is 0.106. The van der Waals surface area contributed by atoms with Crippen molar-refractivity contribution < 1.29 is 24.3 Å². The van der Waals surface area contributed by atoms with Gasteiger partial charge in [0.2, 0.25) is 0 Å². The number of unbranched alkanes of at least 4 members (excludes halogenated alkanes) is 1. The highest BCUT2D eigenvalue weighted by Gasteiger charge is 2.16. The fraction of sp³-hybridized carbons (Fsp3) is 0.500. The monoisotopic (exact) mass is 297 g/mol. The minimum atomic E-state index is -0.948. The molecule has 0 aromatic heterocycles. The van der Waals surface area contributed by atoms with Crippen LogP contribution < -0.4 is 4.74 Å². The van der Waals surface area contributed by atoms with Crippen LogP contribution in [0.1, 0.15) is 38.4 Å². The SMILES string of the molecule is CCCCOC(=O)COc1ccc([N+](=O)[O-])cc1[C@@H](C)O. The van der Waals surface area contributed by atoms with Crippen molar-refractivity contribution in [3.8, 4) is 5.75 Å². The van der Waals surface area contributed by atoms with Crippen LogP contribution in [-0.2, 0) is 9.53 Å². The summed E-state index contributed by atoms with van der Waals surface area (Å²) in [6.07, 6.45) is 0.751. The Hall–Kier alpha value is -2.15. The molecule has 0 unspecified atom stereocenters. The number of hydrogen-bond acceptors (Lipinski definition) is 6. The first kappa shape index (κ1) is 16.9. The summed E-state index contributed by atoms with van der Waals surface area (Å²) in [6.45, 7) is 3.48. The van der Waals surface area contributed by atoms with Gasteiger partial charge in [0.25, 0.3) is 5.69 Å². The van der Waals surface area contributed by atoms with Gasteiger partial charge in [-0.05, 0) is 19.4 Å². The van der Waals surface area contributed by atoms with Crippen molar-refractivity contribution in [3.05, 3.63) is 33.9 Å². The molecule has 0 saturated carbocycles. The zero-order chi connectivity index (χ0) is 15.8. The summed E-state index contributed by atoms with van der Waals surface area (Å²) in [5.74, 6) is -0.290. The lowest BCUT2D eigenvalue weighted by molar-refractivity contribution is -0.385. The minimum absolute atomic E-state index is 0.149. The zero-order valence-corrected chi connectivity index (χ0v) is 12.1. The molecule has 0 spiro atoms. The molecular formula is C14H19NO6. The Labute approximate surface area is 122 Å². The minimum Gasteiger partial charge on any atom is -0.482 e. The Bertz CT molecular complexity index is 500. The van der Waals surface area contributed by atoms with Crippen molar-refractivity contribution in [1.29, 1.82) is 0 Å². The van der Waals surface area contributed by atoms with Gasteiger partial charge in [0.1, 0.15) is 5.75 Å². The third-order valence-corrected chi connectivity index (χ3v) is 2.76. The van der Waals surface area contributed by atoms with E-state index in [0.717, 1.165) is 12.8 Å². The molecule has 0 fully saturated rings. The summed E-state index contributed by atoms with van der Waals surface area (Å²) in [5, 5.41) is 20.3. The maximum Gasteiger partial charge on any atom is 0.344 e. The van der Waals surface area contributed by atoms with Crippen LogP contribution in [0.25, 0.3) is 0 Å². The van der Waals surface area contributed by atoms with Gasteiger partial charge in [-0.25, -0.2) is 4.79 Å². The van der Waals surface area contributed by atoms with Crippen LogP contribution in [0.3, 0.4) is 0 Å². The molecule has 0 aliphatic carbocycles. The molecule has 1 aromatic rings. The predicted molar refractivity (Wildman–Crippen MR) is 75.1 cm³/mol. The van der Waals surface area contributed by atoms with E-state index in [2.05, 4.69) is 0 Å². The quantitative estimate of drug-likeness (QED) is 0.342. The highest BCUT2D eigenvalue weighted by molar-refractivity contribution is 5.71. The lowest BCUT2D eigenvalue weighted by atomic mass is 10.1. The predicted octanol–water partition coefficient (Wildman–Crippen LogP) is 2.37. The van der Waals surface area contributed by atoms with Gasteiger partial charge in [0, 0.05) is 17.7 Å². The maximum atomic E-state index is 11.4. The number of ether oxygens (including phenoxy) is 2. The van der Waals surface area contributed by atoms with Crippen LogP contribution in [0, 0.1) is 10.1 Å². The molecule has 1 N–H and O–H groups in total. The van der Waals surface area contributed by atoms with Crippen molar-refractivity contribution in [2.75, 3.05) is 13.2 Å². The van der Waals surface area contributed by atoms with E-state index < -0.39 is 17.0 Å². The van der Waals surface area contributed by atoms with Crippen LogP contribution in [0.2, 0.25) is 0 Å². The number of nitro groups is 1. The number of non-ortho nitro benzene ring substituents is 1. The zero-order valence-electron chi connectivity index (χ0n) is 12.1. The molecule has 1 aromatic carbocycles. The molecule has 0 radical (unpaired) electrons. The molecule has 0 aliphatic rings. The topological polar surface area (TPSA) is 98.9 Å². The van der Waals surface area contributed by atoms with Crippen molar-refractivity contribution in [1.82, 2.24) is 0 Å². The van der Waals surface area contributed by atoms with Gasteiger partial charge in [-0.3, -0.25) is 10.1 Å². The van der Waals surface area contributed by atoms with E-state index in [9.17, 15) is 20.0 Å². The number of rotatable bonds is 8. The van der Waals surface area contributed by atoms with Crippen molar-refractivity contribution >= 4 is 11.7 Å². The van der Waals surface area contributed by atoms with Gasteiger partial charge < -0.3 is 14.6 Å². The van der Waals surface area contributed by atoms with Crippen molar-refractivity contribution in [2.45, 2.75) is 32.8 Å². The van der Waals surface area contributed by atoms with Crippen LogP contribution in [0.4, 0.5) is 5.69 Å². The third-order valence-electron chi connectivity index (χ3n) is 2.76. The van der Waals surface area contributed by atoms with Gasteiger partial charge in [0.15, 0.2) is 6.61 Å².